The van der Waals surface area contributed by atoms with E-state index >= 15 is 0 Å². The van der Waals surface area contributed by atoms with Crippen LogP contribution < -0.4 is 10.6 Å². The second kappa shape index (κ2) is 5.54. The zero-order valence-electron chi connectivity index (χ0n) is 11.3. The van der Waals surface area contributed by atoms with E-state index in [0.29, 0.717) is 18.0 Å². The van der Waals surface area contributed by atoms with Gasteiger partial charge in [0.15, 0.2) is 9.84 Å². The van der Waals surface area contributed by atoms with Gasteiger partial charge in [0.05, 0.1) is 5.75 Å². The predicted octanol–water partition coefficient (Wildman–Crippen LogP) is 1.20. The summed E-state index contributed by atoms with van der Waals surface area (Å²) in [4.78, 5) is 0. The van der Waals surface area contributed by atoms with Crippen molar-refractivity contribution in [1.29, 1.82) is 0 Å². The lowest BCUT2D eigenvalue weighted by molar-refractivity contribution is 0.210. The zero-order chi connectivity index (χ0) is 13.3. The number of sulfone groups is 1. The Morgan fingerprint density at radius 2 is 1.95 bits per heavy atom. The van der Waals surface area contributed by atoms with Gasteiger partial charge in [-0.15, -0.1) is 0 Å². The molecular weight excluding hydrogens is 260 g/mol. The zero-order valence-corrected chi connectivity index (χ0v) is 12.2. The molecule has 108 valence electrons. The lowest BCUT2D eigenvalue weighted by Crippen LogP contribution is -2.50. The molecule has 2 aliphatic heterocycles. The van der Waals surface area contributed by atoms with E-state index in [1.165, 1.54) is 43.9 Å². The largest absolute Gasteiger partial charge is 0.314 e. The summed E-state index contributed by atoms with van der Waals surface area (Å²) in [5.41, 5.74) is 0. The fourth-order valence-electron chi connectivity index (χ4n) is 3.88. The Hall–Kier alpha value is -0.390. The Morgan fingerprint density at radius 3 is 2.63 bits per heavy atom. The molecule has 4 atom stereocenters. The van der Waals surface area contributed by atoms with Gasteiger partial charge in [-0.3, -0.25) is 0 Å². The molecule has 1 saturated heterocycles. The molecule has 0 bridgehead atoms. The summed E-state index contributed by atoms with van der Waals surface area (Å²) in [6.45, 7) is 1.14. The van der Waals surface area contributed by atoms with Crippen molar-refractivity contribution in [3.05, 3.63) is 11.5 Å². The maximum absolute atomic E-state index is 11.5. The van der Waals surface area contributed by atoms with Crippen LogP contribution in [-0.2, 0) is 9.84 Å². The molecule has 19 heavy (non-hydrogen) atoms. The summed E-state index contributed by atoms with van der Waals surface area (Å²) in [6.07, 6.45) is 9.44. The van der Waals surface area contributed by atoms with Crippen LogP contribution in [0.2, 0.25) is 0 Å². The molecule has 0 radical (unpaired) electrons. The molecule has 4 unspecified atom stereocenters. The second-order valence-electron chi connectivity index (χ2n) is 6.19. The van der Waals surface area contributed by atoms with Crippen molar-refractivity contribution in [3.8, 4) is 0 Å². The average Bonchev–Trinajstić information content (AvgIpc) is 3.00. The van der Waals surface area contributed by atoms with Crippen molar-refractivity contribution < 1.29 is 8.42 Å². The van der Waals surface area contributed by atoms with Gasteiger partial charge in [-0.1, -0.05) is 18.9 Å². The molecule has 3 rings (SSSR count). The van der Waals surface area contributed by atoms with Crippen molar-refractivity contribution in [2.75, 3.05) is 12.3 Å². The summed E-state index contributed by atoms with van der Waals surface area (Å²) < 4.78 is 23.0. The summed E-state index contributed by atoms with van der Waals surface area (Å²) in [7, 11) is -2.94. The summed E-state index contributed by atoms with van der Waals surface area (Å²) >= 11 is 0. The number of nitrogens with one attached hydrogen (secondary N) is 2. The van der Waals surface area contributed by atoms with Crippen LogP contribution >= 0.6 is 0 Å². The fourth-order valence-corrected chi connectivity index (χ4v) is 5.13. The molecule has 2 heterocycles. The van der Waals surface area contributed by atoms with E-state index in [1.807, 2.05) is 6.08 Å². The first kappa shape index (κ1) is 13.6. The fraction of sp³-hybridized carbons (Fsp3) is 0.857. The van der Waals surface area contributed by atoms with Crippen molar-refractivity contribution in [1.82, 2.24) is 10.6 Å². The highest BCUT2D eigenvalue weighted by molar-refractivity contribution is 7.94. The van der Waals surface area contributed by atoms with Crippen LogP contribution in [0.25, 0.3) is 0 Å². The standard InChI is InChI=1S/C14H24N2O2S/c17-19(18)9-7-11(10-19)16-14-5-2-1-4-12(14)13-6-3-8-15-13/h7,9,11-16H,1-6,8,10H2. The van der Waals surface area contributed by atoms with Crippen molar-refractivity contribution >= 4 is 9.84 Å². The topological polar surface area (TPSA) is 58.2 Å². The summed E-state index contributed by atoms with van der Waals surface area (Å²) in [6, 6.07) is 1.14. The SMILES string of the molecule is O=S1(=O)C=CC(NC2CCCCC2C2CCCN2)C1. The van der Waals surface area contributed by atoms with Crippen molar-refractivity contribution in [2.45, 2.75) is 56.7 Å². The van der Waals surface area contributed by atoms with Crippen molar-refractivity contribution in [3.63, 3.8) is 0 Å². The molecular formula is C14H24N2O2S. The number of rotatable bonds is 3. The van der Waals surface area contributed by atoms with Crippen LogP contribution in [-0.4, -0.2) is 38.8 Å². The molecule has 2 N–H and O–H groups in total. The molecule has 1 aliphatic carbocycles. The average molecular weight is 284 g/mol. The molecule has 1 saturated carbocycles. The number of hydrogen-bond acceptors (Lipinski definition) is 4. The van der Waals surface area contributed by atoms with Gasteiger partial charge in [-0.25, -0.2) is 8.42 Å². The minimum absolute atomic E-state index is 0.0250. The van der Waals surface area contributed by atoms with E-state index in [0.717, 1.165) is 6.54 Å². The van der Waals surface area contributed by atoms with Gasteiger partial charge in [0.1, 0.15) is 0 Å². The van der Waals surface area contributed by atoms with Crippen LogP contribution in [0.1, 0.15) is 38.5 Å². The van der Waals surface area contributed by atoms with Gasteiger partial charge in [0, 0.05) is 23.5 Å². The number of hydrogen-bond donors (Lipinski definition) is 2. The van der Waals surface area contributed by atoms with Gasteiger partial charge in [-0.2, -0.15) is 0 Å². The van der Waals surface area contributed by atoms with Gasteiger partial charge >= 0.3 is 0 Å². The predicted molar refractivity (Wildman–Crippen MR) is 76.6 cm³/mol. The minimum atomic E-state index is -2.94. The third-order valence-corrected chi connectivity index (χ3v) is 6.19. The van der Waals surface area contributed by atoms with Gasteiger partial charge in [0.2, 0.25) is 0 Å². The highest BCUT2D eigenvalue weighted by Gasteiger charge is 2.35. The lowest BCUT2D eigenvalue weighted by Gasteiger charge is -2.37. The highest BCUT2D eigenvalue weighted by Crippen LogP contribution is 2.31. The van der Waals surface area contributed by atoms with Crippen LogP contribution in [0.4, 0.5) is 0 Å². The molecule has 3 aliphatic rings. The molecule has 5 heteroatoms. The van der Waals surface area contributed by atoms with Crippen LogP contribution in [0.5, 0.6) is 0 Å². The normalized spacial score (nSPS) is 41.7. The van der Waals surface area contributed by atoms with Gasteiger partial charge in [0.25, 0.3) is 0 Å². The van der Waals surface area contributed by atoms with E-state index < -0.39 is 9.84 Å². The van der Waals surface area contributed by atoms with Crippen LogP contribution in [0, 0.1) is 5.92 Å². The first-order chi connectivity index (χ1) is 9.14. The van der Waals surface area contributed by atoms with Crippen LogP contribution in [0.15, 0.2) is 11.5 Å². The first-order valence-corrected chi connectivity index (χ1v) is 9.26. The Bertz CT molecular complexity index is 440. The molecule has 0 aromatic carbocycles. The van der Waals surface area contributed by atoms with E-state index in [2.05, 4.69) is 10.6 Å². The van der Waals surface area contributed by atoms with Gasteiger partial charge in [-0.05, 0) is 38.1 Å². The molecule has 4 nitrogen and oxygen atoms in total. The Morgan fingerprint density at radius 1 is 1.11 bits per heavy atom. The van der Waals surface area contributed by atoms with E-state index in [9.17, 15) is 8.42 Å². The third-order valence-electron chi connectivity index (χ3n) is 4.79. The first-order valence-electron chi connectivity index (χ1n) is 7.54. The Labute approximate surface area is 116 Å². The molecule has 0 spiro atoms. The Balaban J connectivity index is 1.62. The molecule has 0 amide bonds. The minimum Gasteiger partial charge on any atom is -0.314 e. The quantitative estimate of drug-likeness (QED) is 0.817. The summed E-state index contributed by atoms with van der Waals surface area (Å²) in [5, 5.41) is 8.59. The monoisotopic (exact) mass is 284 g/mol. The maximum atomic E-state index is 11.5. The third kappa shape index (κ3) is 3.20. The molecule has 2 fully saturated rings. The second-order valence-corrected chi connectivity index (χ2v) is 8.12. The maximum Gasteiger partial charge on any atom is 0.173 e. The van der Waals surface area contributed by atoms with E-state index in [1.54, 1.807) is 0 Å². The van der Waals surface area contributed by atoms with Crippen LogP contribution in [0.3, 0.4) is 0 Å². The highest BCUT2D eigenvalue weighted by atomic mass is 32.2. The lowest BCUT2D eigenvalue weighted by atomic mass is 9.79. The van der Waals surface area contributed by atoms with E-state index in [-0.39, 0.29) is 11.8 Å². The Kier molecular flexibility index (Phi) is 3.96. The smallest absolute Gasteiger partial charge is 0.173 e. The van der Waals surface area contributed by atoms with E-state index in [4.69, 9.17) is 0 Å². The van der Waals surface area contributed by atoms with Crippen molar-refractivity contribution in [2.24, 2.45) is 5.92 Å². The van der Waals surface area contributed by atoms with Gasteiger partial charge < -0.3 is 10.6 Å². The summed E-state index contributed by atoms with van der Waals surface area (Å²) in [5.74, 6) is 0.918. The molecule has 0 aromatic heterocycles. The molecule has 0 aromatic rings.